The first-order valence-corrected chi connectivity index (χ1v) is 4.71. The van der Waals surface area contributed by atoms with Gasteiger partial charge in [0.2, 0.25) is 0 Å². The summed E-state index contributed by atoms with van der Waals surface area (Å²) in [5, 5.41) is 8.96. The molecule has 1 aliphatic carbocycles. The van der Waals surface area contributed by atoms with Gasteiger partial charge in [-0.2, -0.15) is 0 Å². The van der Waals surface area contributed by atoms with Crippen molar-refractivity contribution in [1.82, 2.24) is 0 Å². The van der Waals surface area contributed by atoms with E-state index in [-0.39, 0.29) is 12.0 Å². The zero-order valence-electron chi connectivity index (χ0n) is 8.07. The molecule has 3 atom stereocenters. The largest absolute Gasteiger partial charge is 0.392 e. The lowest BCUT2D eigenvalue weighted by molar-refractivity contribution is 0.334. The molecule has 1 heterocycles. The molecule has 0 spiro atoms. The topological polar surface area (TPSA) is 32.6 Å². The summed E-state index contributed by atoms with van der Waals surface area (Å²) in [6, 6.07) is 0. The molecule has 1 N–H and O–H groups in total. The van der Waals surface area contributed by atoms with Gasteiger partial charge in [-0.15, -0.1) is 0 Å². The Morgan fingerprint density at radius 3 is 3.08 bits per heavy atom. The van der Waals surface area contributed by atoms with Gasteiger partial charge in [0, 0.05) is 18.3 Å². The first-order valence-electron chi connectivity index (χ1n) is 4.71. The summed E-state index contributed by atoms with van der Waals surface area (Å²) >= 11 is 0. The van der Waals surface area contributed by atoms with E-state index in [0.717, 1.165) is 5.57 Å². The molecule has 1 aliphatic heterocycles. The molecular formula is C11H15NO. The number of nitrogens with zero attached hydrogens (tertiary/aromatic N) is 1. The highest BCUT2D eigenvalue weighted by Crippen LogP contribution is 2.58. The molecule has 0 bridgehead atoms. The van der Waals surface area contributed by atoms with E-state index >= 15 is 0 Å². The van der Waals surface area contributed by atoms with Gasteiger partial charge in [-0.05, 0) is 16.9 Å². The van der Waals surface area contributed by atoms with Crippen LogP contribution in [0.25, 0.3) is 0 Å². The second-order valence-electron chi connectivity index (χ2n) is 4.17. The highest BCUT2D eigenvalue weighted by atomic mass is 16.3. The fourth-order valence-electron chi connectivity index (χ4n) is 2.00. The maximum Gasteiger partial charge on any atom is 0.0696 e. The van der Waals surface area contributed by atoms with Gasteiger partial charge < -0.3 is 5.11 Å². The molecule has 2 unspecified atom stereocenters. The fraction of sp³-hybridized carbons (Fsp3) is 0.545. The van der Waals surface area contributed by atoms with E-state index in [0.29, 0.717) is 11.8 Å². The number of aliphatic hydroxyl groups is 1. The zero-order valence-corrected chi connectivity index (χ0v) is 8.07. The van der Waals surface area contributed by atoms with Crippen molar-refractivity contribution in [1.29, 1.82) is 0 Å². The first-order chi connectivity index (χ1) is 6.18. The number of aliphatic hydroxyl groups excluding tert-OH is 1. The summed E-state index contributed by atoms with van der Waals surface area (Å²) in [6.45, 7) is 4.55. The van der Waals surface area contributed by atoms with Gasteiger partial charge in [0.15, 0.2) is 0 Å². The molecule has 0 amide bonds. The van der Waals surface area contributed by atoms with Crippen LogP contribution in [-0.4, -0.2) is 17.9 Å². The molecule has 0 aromatic rings. The Kier molecular flexibility index (Phi) is 1.88. The maximum atomic E-state index is 8.96. The highest BCUT2D eigenvalue weighted by molar-refractivity contribution is 5.69. The summed E-state index contributed by atoms with van der Waals surface area (Å²) in [7, 11) is 0. The van der Waals surface area contributed by atoms with Gasteiger partial charge in [-0.1, -0.05) is 26.0 Å². The average molecular weight is 177 g/mol. The summed E-state index contributed by atoms with van der Waals surface area (Å²) in [6.07, 6.45) is 7.94. The second-order valence-corrected chi connectivity index (χ2v) is 4.17. The quantitative estimate of drug-likeness (QED) is 0.650. The Hall–Kier alpha value is -0.890. The number of hydrogen-bond donors (Lipinski definition) is 1. The number of fused-ring (bicyclic) bond motifs is 1. The van der Waals surface area contributed by atoms with Crippen molar-refractivity contribution < 1.29 is 5.11 Å². The molecule has 0 aromatic carbocycles. The van der Waals surface area contributed by atoms with Crippen molar-refractivity contribution in [3.8, 4) is 0 Å². The predicted octanol–water partition coefficient (Wildman–Crippen LogP) is 1.78. The molecule has 0 radical (unpaired) electrons. The van der Waals surface area contributed by atoms with Crippen LogP contribution in [0.2, 0.25) is 0 Å². The number of aliphatic imine (C=N–C) groups is 1. The lowest BCUT2D eigenvalue weighted by atomic mass is 10.0. The minimum Gasteiger partial charge on any atom is -0.392 e. The van der Waals surface area contributed by atoms with E-state index < -0.39 is 0 Å². The molecule has 2 heteroatoms. The molecule has 1 saturated carbocycles. The summed E-state index contributed by atoms with van der Waals surface area (Å²) < 4.78 is 0. The predicted molar refractivity (Wildman–Crippen MR) is 53.6 cm³/mol. The first kappa shape index (κ1) is 8.70. The molecular weight excluding hydrogens is 162 g/mol. The third-order valence-corrected chi connectivity index (χ3v) is 3.46. The molecule has 0 saturated heterocycles. The smallest absolute Gasteiger partial charge is 0.0696 e. The third-order valence-electron chi connectivity index (χ3n) is 3.46. The fourth-order valence-corrected chi connectivity index (χ4v) is 2.00. The lowest BCUT2D eigenvalue weighted by Gasteiger charge is -2.04. The van der Waals surface area contributed by atoms with Gasteiger partial charge in [0.1, 0.15) is 0 Å². The monoisotopic (exact) mass is 177 g/mol. The molecule has 2 rings (SSSR count). The van der Waals surface area contributed by atoms with Gasteiger partial charge in [-0.3, -0.25) is 4.99 Å². The van der Waals surface area contributed by atoms with Crippen molar-refractivity contribution in [3.05, 3.63) is 23.9 Å². The summed E-state index contributed by atoms with van der Waals surface area (Å²) in [4.78, 5) is 4.20. The number of allylic oxidation sites excluding steroid dienone is 1. The normalized spacial score (nSPS) is 48.4. The molecule has 70 valence electrons. The van der Waals surface area contributed by atoms with Crippen LogP contribution in [0.4, 0.5) is 0 Å². The summed E-state index contributed by atoms with van der Waals surface area (Å²) in [5.41, 5.74) is 1.16. The second kappa shape index (κ2) is 2.81. The molecule has 13 heavy (non-hydrogen) atoms. The van der Waals surface area contributed by atoms with Crippen molar-refractivity contribution in [2.75, 3.05) is 6.61 Å². The minimum atomic E-state index is 0.0724. The molecule has 2 aliphatic rings. The maximum absolute atomic E-state index is 8.96. The van der Waals surface area contributed by atoms with Crippen LogP contribution in [0.1, 0.15) is 13.8 Å². The SMILES string of the molecule is CC1C2C=N/C=C(CO)\C=C\[C@]12C. The summed E-state index contributed by atoms with van der Waals surface area (Å²) in [5.74, 6) is 1.26. The Bertz CT molecular complexity index is 303. The Balaban J connectivity index is 2.26. The van der Waals surface area contributed by atoms with E-state index in [1.54, 1.807) is 6.20 Å². The molecule has 0 aromatic heterocycles. The van der Waals surface area contributed by atoms with Gasteiger partial charge in [0.25, 0.3) is 0 Å². The van der Waals surface area contributed by atoms with Crippen LogP contribution in [0.15, 0.2) is 28.9 Å². The average Bonchev–Trinajstić information content (AvgIpc) is 2.58. The van der Waals surface area contributed by atoms with E-state index in [1.165, 1.54) is 0 Å². The van der Waals surface area contributed by atoms with Crippen molar-refractivity contribution in [2.45, 2.75) is 13.8 Å². The Morgan fingerprint density at radius 2 is 2.38 bits per heavy atom. The lowest BCUT2D eigenvalue weighted by Crippen LogP contribution is -1.97. The van der Waals surface area contributed by atoms with Crippen molar-refractivity contribution in [2.24, 2.45) is 22.2 Å². The number of rotatable bonds is 1. The molecule has 2 nitrogen and oxygen atoms in total. The van der Waals surface area contributed by atoms with E-state index in [9.17, 15) is 0 Å². The van der Waals surface area contributed by atoms with Crippen LogP contribution >= 0.6 is 0 Å². The van der Waals surface area contributed by atoms with E-state index in [4.69, 9.17) is 5.11 Å². The van der Waals surface area contributed by atoms with Crippen LogP contribution < -0.4 is 0 Å². The number of hydrogen-bond acceptors (Lipinski definition) is 2. The third kappa shape index (κ3) is 1.25. The van der Waals surface area contributed by atoms with Crippen LogP contribution in [0.3, 0.4) is 0 Å². The zero-order chi connectivity index (χ0) is 9.47. The van der Waals surface area contributed by atoms with Crippen LogP contribution in [-0.2, 0) is 0 Å². The standard InChI is InChI=1S/C11H15NO/c1-8-10-6-12-5-9(7-13)3-4-11(8,10)2/h3-6,8,10,13H,7H2,1-2H3/b4-3+,9-5+,12-6?/t8?,10?,11-/m1/s1. The van der Waals surface area contributed by atoms with Crippen molar-refractivity contribution in [3.63, 3.8) is 0 Å². The van der Waals surface area contributed by atoms with Gasteiger partial charge in [-0.25, -0.2) is 0 Å². The Morgan fingerprint density at radius 1 is 1.62 bits per heavy atom. The van der Waals surface area contributed by atoms with E-state index in [2.05, 4.69) is 24.9 Å². The highest BCUT2D eigenvalue weighted by Gasteiger charge is 2.55. The van der Waals surface area contributed by atoms with Crippen LogP contribution in [0, 0.1) is 17.3 Å². The van der Waals surface area contributed by atoms with Gasteiger partial charge in [0.05, 0.1) is 6.61 Å². The van der Waals surface area contributed by atoms with Crippen molar-refractivity contribution >= 4 is 6.21 Å². The minimum absolute atomic E-state index is 0.0724. The van der Waals surface area contributed by atoms with Crippen LogP contribution in [0.5, 0.6) is 0 Å². The van der Waals surface area contributed by atoms with Gasteiger partial charge >= 0.3 is 0 Å². The Labute approximate surface area is 78.7 Å². The molecule has 1 fully saturated rings. The van der Waals surface area contributed by atoms with E-state index in [1.807, 2.05) is 12.3 Å².